The number of carbonyl (C=O) groups is 1. The Labute approximate surface area is 199 Å². The van der Waals surface area contributed by atoms with Gasteiger partial charge in [0.25, 0.3) is 5.91 Å². The number of hydrogen-bond acceptors (Lipinski definition) is 4. The highest BCUT2D eigenvalue weighted by Gasteiger charge is 2.30. The Morgan fingerprint density at radius 3 is 2.45 bits per heavy atom. The summed E-state index contributed by atoms with van der Waals surface area (Å²) in [6.45, 7) is 2.76. The molecule has 0 radical (unpaired) electrons. The second kappa shape index (κ2) is 10.1. The maximum absolute atomic E-state index is 14.7. The van der Waals surface area contributed by atoms with Crippen LogP contribution in [-0.2, 0) is 17.1 Å². The molecular formula is C23H30ClFN4O3S. The molecule has 2 aliphatic rings. The first kappa shape index (κ1) is 24.2. The maximum Gasteiger partial charge on any atom is 0.268 e. The van der Waals surface area contributed by atoms with Crippen LogP contribution in [-0.4, -0.2) is 60.8 Å². The highest BCUT2D eigenvalue weighted by atomic mass is 35.5. The van der Waals surface area contributed by atoms with Crippen LogP contribution in [0.1, 0.15) is 54.2 Å². The minimum Gasteiger partial charge on any atom is -0.349 e. The summed E-state index contributed by atoms with van der Waals surface area (Å²) in [6.07, 6.45) is 6.20. The van der Waals surface area contributed by atoms with E-state index in [1.54, 1.807) is 19.2 Å². The third-order valence-electron chi connectivity index (χ3n) is 6.54. The lowest BCUT2D eigenvalue weighted by molar-refractivity contribution is 0.0929. The van der Waals surface area contributed by atoms with Crippen LogP contribution in [0.25, 0.3) is 0 Å². The lowest BCUT2D eigenvalue weighted by atomic mass is 10.0. The van der Waals surface area contributed by atoms with Gasteiger partial charge in [0, 0.05) is 43.5 Å². The molecule has 0 spiro atoms. The van der Waals surface area contributed by atoms with Crippen LogP contribution in [0.15, 0.2) is 35.4 Å². The number of nitrogens with one attached hydrogen (secondary N) is 1. The van der Waals surface area contributed by atoms with Gasteiger partial charge in [-0.2, -0.15) is 4.31 Å². The summed E-state index contributed by atoms with van der Waals surface area (Å²) in [4.78, 5) is 15.3. The van der Waals surface area contributed by atoms with E-state index in [2.05, 4.69) is 10.2 Å². The lowest BCUT2D eigenvalue weighted by Crippen LogP contribution is -2.38. The van der Waals surface area contributed by atoms with E-state index in [0.717, 1.165) is 45.2 Å². The highest BCUT2D eigenvalue weighted by molar-refractivity contribution is 7.89. The van der Waals surface area contributed by atoms with Gasteiger partial charge in [-0.05, 0) is 57.0 Å². The molecule has 0 saturated carbocycles. The summed E-state index contributed by atoms with van der Waals surface area (Å²) >= 11 is 6.33. The van der Waals surface area contributed by atoms with Gasteiger partial charge >= 0.3 is 0 Å². The number of aromatic nitrogens is 1. The van der Waals surface area contributed by atoms with Crippen molar-refractivity contribution in [2.24, 2.45) is 7.05 Å². The number of likely N-dealkylation sites (tertiary alicyclic amines) is 1. The molecule has 1 aromatic carbocycles. The Bertz CT molecular complexity index is 1090. The van der Waals surface area contributed by atoms with Gasteiger partial charge in [0.15, 0.2) is 0 Å². The quantitative estimate of drug-likeness (QED) is 0.636. The van der Waals surface area contributed by atoms with Gasteiger partial charge in [-0.25, -0.2) is 12.8 Å². The van der Waals surface area contributed by atoms with E-state index >= 15 is 0 Å². The first-order valence-corrected chi connectivity index (χ1v) is 13.2. The Morgan fingerprint density at radius 2 is 1.79 bits per heavy atom. The fourth-order valence-electron chi connectivity index (χ4n) is 4.73. The van der Waals surface area contributed by atoms with Crippen molar-refractivity contribution in [1.29, 1.82) is 0 Å². The summed E-state index contributed by atoms with van der Waals surface area (Å²) in [7, 11) is -1.99. The molecule has 7 nitrogen and oxygen atoms in total. The minimum absolute atomic E-state index is 0.116. The van der Waals surface area contributed by atoms with Crippen molar-refractivity contribution in [2.75, 3.05) is 32.7 Å². The molecule has 2 aromatic rings. The average molecular weight is 497 g/mol. The minimum atomic E-state index is -3.64. The number of rotatable bonds is 7. The van der Waals surface area contributed by atoms with Crippen molar-refractivity contribution in [3.63, 3.8) is 0 Å². The molecule has 10 heteroatoms. The monoisotopic (exact) mass is 496 g/mol. The van der Waals surface area contributed by atoms with Crippen LogP contribution in [0.5, 0.6) is 0 Å². The molecule has 1 amide bonds. The van der Waals surface area contributed by atoms with Crippen molar-refractivity contribution in [3.05, 3.63) is 52.6 Å². The van der Waals surface area contributed by atoms with E-state index in [0.29, 0.717) is 23.7 Å². The number of amides is 1. The number of piperidine rings is 1. The predicted octanol–water partition coefficient (Wildman–Crippen LogP) is 3.56. The summed E-state index contributed by atoms with van der Waals surface area (Å²) in [5.74, 6) is -0.809. The maximum atomic E-state index is 14.7. The van der Waals surface area contributed by atoms with Gasteiger partial charge in [0.1, 0.15) is 16.4 Å². The number of hydrogen-bond donors (Lipinski definition) is 1. The first-order chi connectivity index (χ1) is 15.8. The Hall–Kier alpha value is -1.94. The third-order valence-corrected chi connectivity index (χ3v) is 8.73. The molecule has 2 aliphatic heterocycles. The Kier molecular flexibility index (Phi) is 7.43. The topological polar surface area (TPSA) is 74.6 Å². The standard InChI is InChI=1S/C23H30ClFN4O3S/c1-27-16-17(33(31,32)29-12-3-2-4-13-29)14-20(27)23(30)26-15-21(28-10-5-6-11-28)22-18(24)8-7-9-19(22)25/h7-9,14,16,21H,2-6,10-13,15H2,1H3,(H,26,30). The largest absolute Gasteiger partial charge is 0.349 e. The normalized spacial score (nSPS) is 19.0. The van der Waals surface area contributed by atoms with Gasteiger partial charge < -0.3 is 9.88 Å². The van der Waals surface area contributed by atoms with Crippen LogP contribution >= 0.6 is 11.6 Å². The molecule has 2 fully saturated rings. The summed E-state index contributed by atoms with van der Waals surface area (Å²) in [6, 6.07) is 5.61. The molecule has 0 aliphatic carbocycles. The highest BCUT2D eigenvalue weighted by Crippen LogP contribution is 2.32. The number of sulfonamides is 1. The van der Waals surface area contributed by atoms with E-state index in [-0.39, 0.29) is 17.1 Å². The van der Waals surface area contributed by atoms with Gasteiger partial charge in [0.2, 0.25) is 10.0 Å². The molecule has 1 atom stereocenters. The Morgan fingerprint density at radius 1 is 1.12 bits per heavy atom. The first-order valence-electron chi connectivity index (χ1n) is 11.4. The molecule has 4 rings (SSSR count). The van der Waals surface area contributed by atoms with Gasteiger partial charge in [0.05, 0.1) is 6.04 Å². The molecular weight excluding hydrogens is 467 g/mol. The fraction of sp³-hybridized carbons (Fsp3) is 0.522. The van der Waals surface area contributed by atoms with Crippen LogP contribution < -0.4 is 5.32 Å². The van der Waals surface area contributed by atoms with E-state index < -0.39 is 27.8 Å². The zero-order valence-corrected chi connectivity index (χ0v) is 20.3. The molecule has 1 aromatic heterocycles. The molecule has 0 bridgehead atoms. The van der Waals surface area contributed by atoms with E-state index in [1.165, 1.54) is 27.2 Å². The van der Waals surface area contributed by atoms with E-state index in [9.17, 15) is 17.6 Å². The average Bonchev–Trinajstić information content (AvgIpc) is 3.46. The van der Waals surface area contributed by atoms with Crippen molar-refractivity contribution in [3.8, 4) is 0 Å². The third kappa shape index (κ3) is 5.11. The molecule has 3 heterocycles. The summed E-state index contributed by atoms with van der Waals surface area (Å²) < 4.78 is 43.7. The second-order valence-electron chi connectivity index (χ2n) is 8.74. The summed E-state index contributed by atoms with van der Waals surface area (Å²) in [5, 5.41) is 3.21. The van der Waals surface area contributed by atoms with Crippen LogP contribution in [0.3, 0.4) is 0 Å². The van der Waals surface area contributed by atoms with E-state index in [4.69, 9.17) is 11.6 Å². The van der Waals surface area contributed by atoms with Crippen molar-refractivity contribution < 1.29 is 17.6 Å². The number of aryl methyl sites for hydroxylation is 1. The second-order valence-corrected chi connectivity index (χ2v) is 11.1. The van der Waals surface area contributed by atoms with Crippen LogP contribution in [0.2, 0.25) is 5.02 Å². The van der Waals surface area contributed by atoms with Crippen LogP contribution in [0, 0.1) is 5.82 Å². The molecule has 2 saturated heterocycles. The van der Waals surface area contributed by atoms with Gasteiger partial charge in [-0.1, -0.05) is 24.1 Å². The summed E-state index contributed by atoms with van der Waals surface area (Å²) in [5.41, 5.74) is 0.618. The number of nitrogens with zero attached hydrogens (tertiary/aromatic N) is 3. The number of carbonyl (C=O) groups excluding carboxylic acids is 1. The van der Waals surface area contributed by atoms with Crippen LogP contribution in [0.4, 0.5) is 4.39 Å². The predicted molar refractivity (Wildman–Crippen MR) is 125 cm³/mol. The van der Waals surface area contributed by atoms with Gasteiger partial charge in [-0.3, -0.25) is 9.69 Å². The molecule has 180 valence electrons. The lowest BCUT2D eigenvalue weighted by Gasteiger charge is -2.29. The zero-order valence-electron chi connectivity index (χ0n) is 18.8. The Balaban J connectivity index is 1.52. The van der Waals surface area contributed by atoms with Crippen molar-refractivity contribution in [2.45, 2.75) is 43.0 Å². The number of halogens is 2. The van der Waals surface area contributed by atoms with E-state index in [1.807, 2.05) is 0 Å². The zero-order chi connectivity index (χ0) is 23.6. The fourth-order valence-corrected chi connectivity index (χ4v) is 6.61. The van der Waals surface area contributed by atoms with Gasteiger partial charge in [-0.15, -0.1) is 0 Å². The number of benzene rings is 1. The SMILES string of the molecule is Cn1cc(S(=O)(=O)N2CCCCC2)cc1C(=O)NCC(c1c(F)cccc1Cl)N1CCCC1. The smallest absolute Gasteiger partial charge is 0.268 e. The van der Waals surface area contributed by atoms with Crippen molar-refractivity contribution in [1.82, 2.24) is 19.1 Å². The molecule has 1 N–H and O–H groups in total. The molecule has 1 unspecified atom stereocenters. The molecule has 33 heavy (non-hydrogen) atoms. The van der Waals surface area contributed by atoms with Crippen molar-refractivity contribution >= 4 is 27.5 Å².